The Labute approximate surface area is 93.9 Å². The maximum atomic E-state index is 10.7. The van der Waals surface area contributed by atoms with Crippen LogP contribution in [0.1, 0.15) is 25.2 Å². The molecular weight excluding hydrogens is 216 g/mol. The first kappa shape index (κ1) is 12.0. The van der Waals surface area contributed by atoms with Gasteiger partial charge < -0.3 is 5.11 Å². The van der Waals surface area contributed by atoms with E-state index in [1.54, 1.807) is 11.6 Å². The maximum Gasteiger partial charge on any atom is 0.306 e. The van der Waals surface area contributed by atoms with Crippen LogP contribution in [0.25, 0.3) is 0 Å². The number of hydrogen-bond acceptors (Lipinski definition) is 2. The van der Waals surface area contributed by atoms with E-state index in [1.807, 2.05) is 13.8 Å². The molecule has 1 aromatic rings. The van der Waals surface area contributed by atoms with Crippen LogP contribution < -0.4 is 0 Å². The molecule has 5 heteroatoms. The Hall–Kier alpha value is -1.03. The number of halogens is 1. The van der Waals surface area contributed by atoms with E-state index in [2.05, 4.69) is 5.10 Å². The van der Waals surface area contributed by atoms with Crippen LogP contribution in [-0.4, -0.2) is 20.9 Å². The molecule has 0 bridgehead atoms. The molecule has 1 heterocycles. The van der Waals surface area contributed by atoms with Crippen molar-refractivity contribution in [2.75, 3.05) is 0 Å². The van der Waals surface area contributed by atoms with Crippen molar-refractivity contribution >= 4 is 17.6 Å². The summed E-state index contributed by atoms with van der Waals surface area (Å²) in [5.74, 6) is -1.25. The van der Waals surface area contributed by atoms with Crippen molar-refractivity contribution in [3.05, 3.63) is 16.4 Å². The summed E-state index contributed by atoms with van der Waals surface area (Å²) in [7, 11) is 0. The van der Waals surface area contributed by atoms with Gasteiger partial charge in [0.1, 0.15) is 0 Å². The van der Waals surface area contributed by atoms with Gasteiger partial charge >= 0.3 is 5.97 Å². The molecule has 0 amide bonds. The molecular formula is C10H15ClN2O2. The lowest BCUT2D eigenvalue weighted by Gasteiger charge is -2.08. The molecule has 84 valence electrons. The Kier molecular flexibility index (Phi) is 3.74. The van der Waals surface area contributed by atoms with Crippen LogP contribution in [0.3, 0.4) is 0 Å². The van der Waals surface area contributed by atoms with Crippen molar-refractivity contribution in [1.82, 2.24) is 9.78 Å². The zero-order valence-corrected chi connectivity index (χ0v) is 9.88. The number of carboxylic acids is 1. The molecule has 0 fully saturated rings. The number of aryl methyl sites for hydroxylation is 2. The minimum absolute atomic E-state index is 0.419. The molecule has 0 aliphatic carbocycles. The fraction of sp³-hybridized carbons (Fsp3) is 0.600. The minimum atomic E-state index is -0.812. The predicted molar refractivity (Wildman–Crippen MR) is 58.2 cm³/mol. The Morgan fingerprint density at radius 3 is 2.73 bits per heavy atom. The standard InChI is InChI=1S/C10H15ClN2O2/c1-4-13-8(5-6(2)10(14)15)9(11)7(3)12-13/h6H,4-5H2,1-3H3,(H,14,15). The van der Waals surface area contributed by atoms with Gasteiger partial charge in [0, 0.05) is 13.0 Å². The van der Waals surface area contributed by atoms with Gasteiger partial charge in [0.05, 0.1) is 22.3 Å². The predicted octanol–water partition coefficient (Wildman–Crippen LogP) is 2.13. The average Bonchev–Trinajstić information content (AvgIpc) is 2.45. The molecule has 0 saturated carbocycles. The molecule has 1 unspecified atom stereocenters. The van der Waals surface area contributed by atoms with E-state index in [0.29, 0.717) is 18.0 Å². The molecule has 0 radical (unpaired) electrons. The van der Waals surface area contributed by atoms with Crippen molar-refractivity contribution < 1.29 is 9.90 Å². The third kappa shape index (κ3) is 2.50. The zero-order chi connectivity index (χ0) is 11.6. The lowest BCUT2D eigenvalue weighted by Crippen LogP contribution is -2.15. The van der Waals surface area contributed by atoms with Crippen LogP contribution >= 0.6 is 11.6 Å². The number of nitrogens with zero attached hydrogens (tertiary/aromatic N) is 2. The van der Waals surface area contributed by atoms with Crippen LogP contribution in [-0.2, 0) is 17.8 Å². The molecule has 4 nitrogen and oxygen atoms in total. The molecule has 0 spiro atoms. The van der Waals surface area contributed by atoms with E-state index >= 15 is 0 Å². The monoisotopic (exact) mass is 230 g/mol. The van der Waals surface area contributed by atoms with Crippen LogP contribution in [0.2, 0.25) is 5.02 Å². The maximum absolute atomic E-state index is 10.7. The van der Waals surface area contributed by atoms with Crippen molar-refractivity contribution in [3.63, 3.8) is 0 Å². The van der Waals surface area contributed by atoms with Gasteiger partial charge in [-0.25, -0.2) is 0 Å². The van der Waals surface area contributed by atoms with Crippen molar-refractivity contribution in [3.8, 4) is 0 Å². The first-order valence-electron chi connectivity index (χ1n) is 4.92. The van der Waals surface area contributed by atoms with Crippen molar-refractivity contribution in [2.45, 2.75) is 33.7 Å². The van der Waals surface area contributed by atoms with Crippen LogP contribution in [0, 0.1) is 12.8 Å². The molecule has 0 aliphatic heterocycles. The second-order valence-corrected chi connectivity index (χ2v) is 3.98. The summed E-state index contributed by atoms with van der Waals surface area (Å²) < 4.78 is 1.76. The van der Waals surface area contributed by atoms with Gasteiger partial charge in [-0.1, -0.05) is 18.5 Å². The Morgan fingerprint density at radius 2 is 2.27 bits per heavy atom. The van der Waals surface area contributed by atoms with Crippen LogP contribution in [0.15, 0.2) is 0 Å². The SMILES string of the molecule is CCn1nc(C)c(Cl)c1CC(C)C(=O)O. The number of hydrogen-bond donors (Lipinski definition) is 1. The van der Waals surface area contributed by atoms with E-state index in [-0.39, 0.29) is 0 Å². The summed E-state index contributed by atoms with van der Waals surface area (Å²) in [6.07, 6.45) is 0.419. The van der Waals surface area contributed by atoms with E-state index in [1.165, 1.54) is 0 Å². The number of carbonyl (C=O) groups is 1. The first-order valence-corrected chi connectivity index (χ1v) is 5.29. The van der Waals surface area contributed by atoms with Gasteiger partial charge in [0.15, 0.2) is 0 Å². The number of carboxylic acid groups (broad SMARTS) is 1. The molecule has 15 heavy (non-hydrogen) atoms. The highest BCUT2D eigenvalue weighted by molar-refractivity contribution is 6.31. The molecule has 0 aliphatic rings. The molecule has 1 N–H and O–H groups in total. The number of rotatable bonds is 4. The van der Waals surface area contributed by atoms with E-state index in [9.17, 15) is 4.79 Å². The topological polar surface area (TPSA) is 55.1 Å². The molecule has 1 atom stereocenters. The summed E-state index contributed by atoms with van der Waals surface area (Å²) >= 11 is 6.07. The minimum Gasteiger partial charge on any atom is -0.481 e. The lowest BCUT2D eigenvalue weighted by molar-refractivity contribution is -0.141. The zero-order valence-electron chi connectivity index (χ0n) is 9.12. The van der Waals surface area contributed by atoms with E-state index < -0.39 is 11.9 Å². The number of aromatic nitrogens is 2. The largest absolute Gasteiger partial charge is 0.481 e. The molecule has 0 aromatic carbocycles. The fourth-order valence-electron chi connectivity index (χ4n) is 1.44. The highest BCUT2D eigenvalue weighted by atomic mass is 35.5. The molecule has 1 aromatic heterocycles. The normalized spacial score (nSPS) is 12.8. The average molecular weight is 231 g/mol. The summed E-state index contributed by atoms with van der Waals surface area (Å²) in [5, 5.41) is 13.7. The van der Waals surface area contributed by atoms with Gasteiger partial charge in [-0.05, 0) is 13.8 Å². The Morgan fingerprint density at radius 1 is 1.67 bits per heavy atom. The van der Waals surface area contributed by atoms with Crippen LogP contribution in [0.5, 0.6) is 0 Å². The first-order chi connectivity index (χ1) is 6.97. The highest BCUT2D eigenvalue weighted by Crippen LogP contribution is 2.23. The summed E-state index contributed by atoms with van der Waals surface area (Å²) in [5.41, 5.74) is 1.57. The Balaban J connectivity index is 2.97. The van der Waals surface area contributed by atoms with Crippen LogP contribution in [0.4, 0.5) is 0 Å². The van der Waals surface area contributed by atoms with E-state index in [4.69, 9.17) is 16.7 Å². The van der Waals surface area contributed by atoms with Crippen molar-refractivity contribution in [1.29, 1.82) is 0 Å². The quantitative estimate of drug-likeness (QED) is 0.862. The summed E-state index contributed by atoms with van der Waals surface area (Å²) in [6.45, 7) is 6.15. The molecule has 0 saturated heterocycles. The second kappa shape index (κ2) is 4.66. The summed E-state index contributed by atoms with van der Waals surface area (Å²) in [6, 6.07) is 0. The molecule has 1 rings (SSSR count). The fourth-order valence-corrected chi connectivity index (χ4v) is 1.65. The Bertz CT molecular complexity index is 374. The van der Waals surface area contributed by atoms with Gasteiger partial charge in [-0.3, -0.25) is 9.48 Å². The lowest BCUT2D eigenvalue weighted by atomic mass is 10.1. The van der Waals surface area contributed by atoms with Gasteiger partial charge in [-0.2, -0.15) is 5.10 Å². The van der Waals surface area contributed by atoms with Crippen molar-refractivity contribution in [2.24, 2.45) is 5.92 Å². The highest BCUT2D eigenvalue weighted by Gasteiger charge is 2.18. The third-order valence-electron chi connectivity index (χ3n) is 2.37. The van der Waals surface area contributed by atoms with E-state index in [0.717, 1.165) is 11.4 Å². The number of aliphatic carboxylic acids is 1. The summed E-state index contributed by atoms with van der Waals surface area (Å²) in [4.78, 5) is 10.7. The van der Waals surface area contributed by atoms with Gasteiger partial charge in [0.25, 0.3) is 0 Å². The third-order valence-corrected chi connectivity index (χ3v) is 2.87. The van der Waals surface area contributed by atoms with Gasteiger partial charge in [-0.15, -0.1) is 0 Å². The second-order valence-electron chi connectivity index (χ2n) is 3.61. The van der Waals surface area contributed by atoms with Gasteiger partial charge in [0.2, 0.25) is 0 Å². The smallest absolute Gasteiger partial charge is 0.306 e.